The molecule has 0 bridgehead atoms. The summed E-state index contributed by atoms with van der Waals surface area (Å²) < 4.78 is 5.49. The van der Waals surface area contributed by atoms with Crippen LogP contribution in [0.15, 0.2) is 29.2 Å². The molecule has 1 aliphatic heterocycles. The maximum absolute atomic E-state index is 12.2. The Balaban J connectivity index is 1.61. The number of rotatable bonds is 5. The van der Waals surface area contributed by atoms with Gasteiger partial charge in [-0.3, -0.25) is 4.79 Å². The van der Waals surface area contributed by atoms with Gasteiger partial charge in [-0.25, -0.2) is 0 Å². The molecule has 1 heterocycles. The fraction of sp³-hybridized carbons (Fsp3) is 0.611. The molecule has 22 heavy (non-hydrogen) atoms. The molecule has 4 heteroatoms. The summed E-state index contributed by atoms with van der Waals surface area (Å²) in [6, 6.07) is 8.73. The molecule has 1 atom stereocenters. The zero-order valence-corrected chi connectivity index (χ0v) is 14.1. The first-order chi connectivity index (χ1) is 10.7. The lowest BCUT2D eigenvalue weighted by atomic mass is 10.1. The normalized spacial score (nSPS) is 23.6. The third kappa shape index (κ3) is 3.85. The van der Waals surface area contributed by atoms with Crippen molar-refractivity contribution in [2.75, 3.05) is 19.8 Å². The average molecular weight is 319 g/mol. The van der Waals surface area contributed by atoms with Gasteiger partial charge in [-0.05, 0) is 38.3 Å². The number of thioether (sulfide) groups is 1. The van der Waals surface area contributed by atoms with Crippen LogP contribution in [0.4, 0.5) is 0 Å². The Labute approximate surface area is 137 Å². The highest BCUT2D eigenvalue weighted by molar-refractivity contribution is 8.00. The molecule has 2 fully saturated rings. The van der Waals surface area contributed by atoms with Gasteiger partial charge in [0.2, 0.25) is 5.91 Å². The summed E-state index contributed by atoms with van der Waals surface area (Å²) in [6.07, 6.45) is 5.77. The smallest absolute Gasteiger partial charge is 0.225 e. The summed E-state index contributed by atoms with van der Waals surface area (Å²) in [6.45, 7) is 4.20. The molecule has 120 valence electrons. The van der Waals surface area contributed by atoms with Crippen LogP contribution >= 0.6 is 11.8 Å². The van der Waals surface area contributed by atoms with Gasteiger partial charge >= 0.3 is 0 Å². The Morgan fingerprint density at radius 3 is 2.68 bits per heavy atom. The minimum Gasteiger partial charge on any atom is -0.381 e. The minimum atomic E-state index is 0.0582. The van der Waals surface area contributed by atoms with E-state index in [0.29, 0.717) is 6.61 Å². The molecule has 1 saturated carbocycles. The van der Waals surface area contributed by atoms with Crippen molar-refractivity contribution < 1.29 is 9.53 Å². The van der Waals surface area contributed by atoms with E-state index in [1.807, 2.05) is 11.8 Å². The number of benzene rings is 1. The van der Waals surface area contributed by atoms with Crippen LogP contribution in [0.1, 0.15) is 37.7 Å². The number of hydrogen-bond acceptors (Lipinski definition) is 3. The molecule has 3 nitrogen and oxygen atoms in total. The predicted octanol–water partition coefficient (Wildman–Crippen LogP) is 3.55. The second-order valence-electron chi connectivity index (χ2n) is 6.58. The van der Waals surface area contributed by atoms with Crippen LogP contribution in [0, 0.1) is 12.8 Å². The number of amides is 1. The van der Waals surface area contributed by atoms with Crippen molar-refractivity contribution in [2.45, 2.75) is 48.7 Å². The van der Waals surface area contributed by atoms with Gasteiger partial charge < -0.3 is 10.1 Å². The number of hydrogen-bond donors (Lipinski definition) is 1. The van der Waals surface area contributed by atoms with Crippen LogP contribution in [0.5, 0.6) is 0 Å². The van der Waals surface area contributed by atoms with Gasteiger partial charge in [-0.15, -0.1) is 11.8 Å². The Morgan fingerprint density at radius 2 is 2.05 bits per heavy atom. The number of nitrogens with one attached hydrogen (secondary N) is 1. The van der Waals surface area contributed by atoms with E-state index in [4.69, 9.17) is 4.74 Å². The van der Waals surface area contributed by atoms with Gasteiger partial charge in [0.15, 0.2) is 0 Å². The van der Waals surface area contributed by atoms with Crippen molar-refractivity contribution in [1.29, 1.82) is 0 Å². The fourth-order valence-corrected chi connectivity index (χ4v) is 4.73. The van der Waals surface area contributed by atoms with E-state index in [1.54, 1.807) is 0 Å². The Hall–Kier alpha value is -1.00. The summed E-state index contributed by atoms with van der Waals surface area (Å²) in [5, 5.41) is 3.20. The van der Waals surface area contributed by atoms with E-state index in [1.165, 1.54) is 36.1 Å². The van der Waals surface area contributed by atoms with E-state index in [2.05, 4.69) is 36.5 Å². The third-order valence-electron chi connectivity index (χ3n) is 4.76. The first-order valence-electron chi connectivity index (χ1n) is 8.28. The highest BCUT2D eigenvalue weighted by Gasteiger charge is 2.36. The van der Waals surface area contributed by atoms with Gasteiger partial charge in [0.1, 0.15) is 0 Å². The van der Waals surface area contributed by atoms with E-state index >= 15 is 0 Å². The van der Waals surface area contributed by atoms with Crippen molar-refractivity contribution in [3.63, 3.8) is 0 Å². The van der Waals surface area contributed by atoms with E-state index in [-0.39, 0.29) is 16.6 Å². The molecule has 0 unspecified atom stereocenters. The quantitative estimate of drug-likeness (QED) is 0.902. The topological polar surface area (TPSA) is 38.3 Å². The molecule has 0 aromatic heterocycles. The maximum atomic E-state index is 12.2. The second kappa shape index (κ2) is 7.05. The van der Waals surface area contributed by atoms with Gasteiger partial charge in [-0.2, -0.15) is 0 Å². The van der Waals surface area contributed by atoms with Crippen LogP contribution < -0.4 is 5.32 Å². The van der Waals surface area contributed by atoms with Crippen LogP contribution in [-0.4, -0.2) is 30.4 Å². The SMILES string of the molecule is Cc1ccc(SC2(CNC(=O)[C@@H]3CCOC3)CCCC2)cc1. The van der Waals surface area contributed by atoms with Crippen molar-refractivity contribution in [1.82, 2.24) is 5.32 Å². The zero-order chi connectivity index (χ0) is 15.4. The molecule has 1 N–H and O–H groups in total. The molecule has 0 radical (unpaired) electrons. The van der Waals surface area contributed by atoms with Crippen LogP contribution in [-0.2, 0) is 9.53 Å². The van der Waals surface area contributed by atoms with Crippen molar-refractivity contribution in [2.24, 2.45) is 5.92 Å². The molecule has 1 aromatic rings. The average Bonchev–Trinajstić information content (AvgIpc) is 3.19. The van der Waals surface area contributed by atoms with Crippen LogP contribution in [0.3, 0.4) is 0 Å². The van der Waals surface area contributed by atoms with E-state index in [0.717, 1.165) is 19.6 Å². The minimum absolute atomic E-state index is 0.0582. The van der Waals surface area contributed by atoms with Crippen molar-refractivity contribution in [3.8, 4) is 0 Å². The Morgan fingerprint density at radius 1 is 1.32 bits per heavy atom. The van der Waals surface area contributed by atoms with Crippen molar-refractivity contribution >= 4 is 17.7 Å². The highest BCUT2D eigenvalue weighted by Crippen LogP contribution is 2.45. The lowest BCUT2D eigenvalue weighted by Crippen LogP contribution is -2.41. The first-order valence-corrected chi connectivity index (χ1v) is 9.10. The molecular formula is C18H25NO2S. The van der Waals surface area contributed by atoms with E-state index in [9.17, 15) is 4.79 Å². The standard InChI is InChI=1S/C18H25NO2S/c1-14-4-6-16(7-5-14)22-18(9-2-3-10-18)13-19-17(20)15-8-11-21-12-15/h4-7,15H,2-3,8-13H2,1H3,(H,19,20)/t15-/m1/s1. The predicted molar refractivity (Wildman–Crippen MR) is 90.2 cm³/mol. The molecular weight excluding hydrogens is 294 g/mol. The van der Waals surface area contributed by atoms with Crippen LogP contribution in [0.25, 0.3) is 0 Å². The molecule has 1 aromatic carbocycles. The lowest BCUT2D eigenvalue weighted by molar-refractivity contribution is -0.125. The van der Waals surface area contributed by atoms with Gasteiger partial charge in [0.25, 0.3) is 0 Å². The number of carbonyl (C=O) groups excluding carboxylic acids is 1. The largest absolute Gasteiger partial charge is 0.381 e. The van der Waals surface area contributed by atoms with Gasteiger partial charge in [-0.1, -0.05) is 30.5 Å². The van der Waals surface area contributed by atoms with Gasteiger partial charge in [0, 0.05) is 22.8 Å². The van der Waals surface area contributed by atoms with Gasteiger partial charge in [0.05, 0.1) is 12.5 Å². The third-order valence-corrected chi connectivity index (χ3v) is 6.25. The Kier molecular flexibility index (Phi) is 5.09. The Bertz CT molecular complexity index is 502. The zero-order valence-electron chi connectivity index (χ0n) is 13.3. The fourth-order valence-electron chi connectivity index (χ4n) is 3.32. The molecule has 3 rings (SSSR count). The summed E-state index contributed by atoms with van der Waals surface area (Å²) in [5.41, 5.74) is 1.29. The number of carbonyl (C=O) groups is 1. The molecule has 2 aliphatic rings. The molecule has 0 spiro atoms. The summed E-state index contributed by atoms with van der Waals surface area (Å²) in [5.74, 6) is 0.233. The summed E-state index contributed by atoms with van der Waals surface area (Å²) >= 11 is 1.95. The summed E-state index contributed by atoms with van der Waals surface area (Å²) in [7, 11) is 0. The lowest BCUT2D eigenvalue weighted by Gasteiger charge is -2.29. The number of aryl methyl sites for hydroxylation is 1. The first kappa shape index (κ1) is 15.9. The van der Waals surface area contributed by atoms with Crippen molar-refractivity contribution in [3.05, 3.63) is 29.8 Å². The maximum Gasteiger partial charge on any atom is 0.225 e. The molecule has 1 amide bonds. The molecule has 1 saturated heterocycles. The molecule has 1 aliphatic carbocycles. The monoisotopic (exact) mass is 319 g/mol. The summed E-state index contributed by atoms with van der Waals surface area (Å²) in [4.78, 5) is 13.6. The van der Waals surface area contributed by atoms with E-state index < -0.39 is 0 Å². The van der Waals surface area contributed by atoms with Crippen LogP contribution in [0.2, 0.25) is 0 Å². The number of ether oxygens (including phenoxy) is 1. The highest BCUT2D eigenvalue weighted by atomic mass is 32.2. The second-order valence-corrected chi connectivity index (χ2v) is 8.13.